The average molecular weight is 712 g/mol. The Balaban J connectivity index is 1.23. The van der Waals surface area contributed by atoms with Crippen molar-refractivity contribution in [1.82, 2.24) is 25.8 Å². The Bertz CT molecular complexity index is 1860. The highest BCUT2D eigenvalue weighted by Gasteiger charge is 2.34. The largest absolute Gasteiger partial charge is 0.494 e. The van der Waals surface area contributed by atoms with Gasteiger partial charge in [-0.2, -0.15) is 0 Å². The third-order valence-electron chi connectivity index (χ3n) is 8.19. The first kappa shape index (κ1) is 36.9. The van der Waals surface area contributed by atoms with Gasteiger partial charge < -0.3 is 30.1 Å². The van der Waals surface area contributed by atoms with Crippen LogP contribution in [-0.2, 0) is 16.0 Å². The number of aliphatic hydroxyl groups is 1. The standard InChI is InChI=1S/C38H41N5O7S/c1-3-4-5-6-7-18-49-29-16-14-26(15-17-29)28-22-39-35(40-23-28)27-12-10-25(11-13-27)21-30(41-37(46)32-9-8-19-51-32)36(45)42-33(38(47)48)34(44)31-20-24(2)43-50-31/h8-17,19-20,22-23,30,33-34,44H,3-7,18,21H2,1-2H3,(H,41,46)(H,42,45)(H,47,48). The number of nitrogens with one attached hydrogen (secondary N) is 2. The topological polar surface area (TPSA) is 177 Å². The molecule has 0 aliphatic carbocycles. The van der Waals surface area contributed by atoms with Crippen LogP contribution in [0, 0.1) is 6.92 Å². The monoisotopic (exact) mass is 711 g/mol. The Morgan fingerprint density at radius 2 is 1.61 bits per heavy atom. The zero-order valence-electron chi connectivity index (χ0n) is 28.5. The van der Waals surface area contributed by atoms with Gasteiger partial charge in [-0.05, 0) is 48.1 Å². The number of rotatable bonds is 18. The van der Waals surface area contributed by atoms with Gasteiger partial charge in [-0.3, -0.25) is 9.59 Å². The molecule has 3 atom stereocenters. The molecule has 266 valence electrons. The fourth-order valence-corrected chi connectivity index (χ4v) is 5.98. The highest BCUT2D eigenvalue weighted by atomic mass is 32.1. The summed E-state index contributed by atoms with van der Waals surface area (Å²) in [6, 6.07) is 16.8. The second-order valence-electron chi connectivity index (χ2n) is 12.1. The molecule has 5 aromatic rings. The zero-order valence-corrected chi connectivity index (χ0v) is 29.3. The van der Waals surface area contributed by atoms with Gasteiger partial charge in [0.1, 0.15) is 17.9 Å². The van der Waals surface area contributed by atoms with Crippen LogP contribution in [0.5, 0.6) is 5.75 Å². The van der Waals surface area contributed by atoms with Crippen LogP contribution >= 0.6 is 11.3 Å². The molecular formula is C38H41N5O7S. The number of carboxylic acids is 1. The third-order valence-corrected chi connectivity index (χ3v) is 9.06. The highest BCUT2D eigenvalue weighted by Crippen LogP contribution is 2.24. The van der Waals surface area contributed by atoms with Crippen LogP contribution < -0.4 is 15.4 Å². The maximum absolute atomic E-state index is 13.5. The summed E-state index contributed by atoms with van der Waals surface area (Å²) < 4.78 is 10.9. The van der Waals surface area contributed by atoms with E-state index in [4.69, 9.17) is 9.26 Å². The van der Waals surface area contributed by atoms with Crippen LogP contribution in [0.25, 0.3) is 22.5 Å². The van der Waals surface area contributed by atoms with E-state index in [0.717, 1.165) is 28.9 Å². The van der Waals surface area contributed by atoms with Crippen molar-refractivity contribution in [3.8, 4) is 28.3 Å². The predicted molar refractivity (Wildman–Crippen MR) is 192 cm³/mol. The summed E-state index contributed by atoms with van der Waals surface area (Å²) >= 11 is 1.20. The number of thiophene rings is 1. The second kappa shape index (κ2) is 18.0. The molecule has 13 heteroatoms. The minimum Gasteiger partial charge on any atom is -0.494 e. The van der Waals surface area contributed by atoms with Crippen LogP contribution in [0.15, 0.2) is 89.0 Å². The lowest BCUT2D eigenvalue weighted by atomic mass is 10.0. The molecule has 0 saturated carbocycles. The minimum atomic E-state index is -1.76. The van der Waals surface area contributed by atoms with Crippen molar-refractivity contribution < 1.29 is 33.9 Å². The zero-order chi connectivity index (χ0) is 36.2. The molecule has 0 spiro atoms. The molecular weight excluding hydrogens is 671 g/mol. The summed E-state index contributed by atoms with van der Waals surface area (Å²) in [4.78, 5) is 48.0. The SMILES string of the molecule is CCCCCCCOc1ccc(-c2cnc(-c3ccc(CC(NC(=O)c4cccs4)C(=O)NC(C(=O)O)C(O)c4cc(C)no4)cc3)nc2)cc1. The lowest BCUT2D eigenvalue weighted by Gasteiger charge is -2.23. The molecule has 4 N–H and O–H groups in total. The summed E-state index contributed by atoms with van der Waals surface area (Å²) in [5.74, 6) is -1.55. The van der Waals surface area contributed by atoms with Crippen molar-refractivity contribution in [2.45, 2.75) is 70.6 Å². The number of carbonyl (C=O) groups excluding carboxylic acids is 2. The number of carbonyl (C=O) groups is 3. The van der Waals surface area contributed by atoms with Gasteiger partial charge in [0, 0.05) is 36.0 Å². The van der Waals surface area contributed by atoms with Gasteiger partial charge in [-0.25, -0.2) is 14.8 Å². The van der Waals surface area contributed by atoms with Gasteiger partial charge in [-0.1, -0.05) is 80.2 Å². The molecule has 3 unspecified atom stereocenters. The number of hydrogen-bond donors (Lipinski definition) is 4. The van der Waals surface area contributed by atoms with Crippen molar-refractivity contribution in [2.24, 2.45) is 0 Å². The lowest BCUT2D eigenvalue weighted by Crippen LogP contribution is -2.54. The number of aryl methyl sites for hydroxylation is 1. The van der Waals surface area contributed by atoms with Gasteiger partial charge in [0.25, 0.3) is 5.91 Å². The molecule has 3 aromatic heterocycles. The number of unbranched alkanes of at least 4 members (excludes halogenated alkanes) is 4. The molecule has 51 heavy (non-hydrogen) atoms. The fourth-order valence-electron chi connectivity index (χ4n) is 5.35. The van der Waals surface area contributed by atoms with Crippen LogP contribution in [-0.4, -0.2) is 61.8 Å². The Kier molecular flexibility index (Phi) is 13.0. The van der Waals surface area contributed by atoms with Crippen molar-refractivity contribution in [3.63, 3.8) is 0 Å². The summed E-state index contributed by atoms with van der Waals surface area (Å²) in [5, 5.41) is 31.0. The average Bonchev–Trinajstić information content (AvgIpc) is 3.85. The number of hydrogen-bond acceptors (Lipinski definition) is 10. The molecule has 3 heterocycles. The smallest absolute Gasteiger partial charge is 0.329 e. The molecule has 2 amide bonds. The van der Waals surface area contributed by atoms with Gasteiger partial charge >= 0.3 is 5.97 Å². The van der Waals surface area contributed by atoms with Crippen LogP contribution in [0.2, 0.25) is 0 Å². The van der Waals surface area contributed by atoms with E-state index >= 15 is 0 Å². The third kappa shape index (κ3) is 10.3. The number of amides is 2. The fraction of sp³-hybridized carbons (Fsp3) is 0.316. The molecule has 0 aliphatic heterocycles. The van der Waals surface area contributed by atoms with Crippen LogP contribution in [0.1, 0.15) is 71.8 Å². The number of benzene rings is 2. The summed E-state index contributed by atoms with van der Waals surface area (Å²) in [7, 11) is 0. The molecule has 0 fully saturated rings. The number of aliphatic hydroxyl groups excluding tert-OH is 1. The normalized spacial score (nSPS) is 12.8. The molecule has 5 rings (SSSR count). The number of carboxylic acid groups (broad SMARTS) is 1. The molecule has 0 radical (unpaired) electrons. The van der Waals surface area contributed by atoms with E-state index in [-0.39, 0.29) is 12.2 Å². The van der Waals surface area contributed by atoms with Gasteiger partial charge in [0.2, 0.25) is 5.91 Å². The van der Waals surface area contributed by atoms with E-state index in [2.05, 4.69) is 32.7 Å². The predicted octanol–water partition coefficient (Wildman–Crippen LogP) is 6.16. The first-order valence-electron chi connectivity index (χ1n) is 16.8. The first-order valence-corrected chi connectivity index (χ1v) is 17.7. The Morgan fingerprint density at radius 3 is 2.24 bits per heavy atom. The first-order chi connectivity index (χ1) is 24.7. The van der Waals surface area contributed by atoms with Gasteiger partial charge in [0.05, 0.1) is 17.2 Å². The van der Waals surface area contributed by atoms with Gasteiger partial charge in [-0.15, -0.1) is 11.3 Å². The quantitative estimate of drug-likeness (QED) is 0.0770. The molecule has 0 aliphatic rings. The number of aromatic nitrogens is 3. The highest BCUT2D eigenvalue weighted by molar-refractivity contribution is 7.12. The van der Waals surface area contributed by atoms with E-state index in [1.54, 1.807) is 49.0 Å². The number of aliphatic carboxylic acids is 1. The van der Waals surface area contributed by atoms with E-state index in [1.807, 2.05) is 36.4 Å². The molecule has 12 nitrogen and oxygen atoms in total. The Morgan fingerprint density at radius 1 is 0.902 bits per heavy atom. The van der Waals surface area contributed by atoms with Crippen LogP contribution in [0.3, 0.4) is 0 Å². The lowest BCUT2D eigenvalue weighted by molar-refractivity contribution is -0.146. The van der Waals surface area contributed by atoms with Crippen molar-refractivity contribution in [3.05, 3.63) is 106 Å². The van der Waals surface area contributed by atoms with Crippen molar-refractivity contribution >= 4 is 29.1 Å². The van der Waals surface area contributed by atoms with E-state index in [1.165, 1.54) is 43.1 Å². The van der Waals surface area contributed by atoms with Crippen molar-refractivity contribution in [1.29, 1.82) is 0 Å². The number of ether oxygens (including phenoxy) is 1. The molecule has 0 saturated heterocycles. The summed E-state index contributed by atoms with van der Waals surface area (Å²) in [6.45, 7) is 4.52. The van der Waals surface area contributed by atoms with Crippen LogP contribution in [0.4, 0.5) is 0 Å². The summed E-state index contributed by atoms with van der Waals surface area (Å²) in [5.41, 5.74) is 3.69. The van der Waals surface area contributed by atoms with E-state index in [9.17, 15) is 24.6 Å². The van der Waals surface area contributed by atoms with E-state index in [0.29, 0.717) is 28.6 Å². The number of nitrogens with zero attached hydrogens (tertiary/aromatic N) is 3. The second-order valence-corrected chi connectivity index (χ2v) is 13.1. The minimum absolute atomic E-state index is 0.0332. The Labute approximate surface area is 299 Å². The molecule has 2 aromatic carbocycles. The van der Waals surface area contributed by atoms with Gasteiger partial charge in [0.15, 0.2) is 17.6 Å². The summed E-state index contributed by atoms with van der Waals surface area (Å²) in [6.07, 6.45) is 7.78. The maximum atomic E-state index is 13.5. The maximum Gasteiger partial charge on any atom is 0.329 e. The Hall–Kier alpha value is -5.40. The van der Waals surface area contributed by atoms with Crippen molar-refractivity contribution in [2.75, 3.05) is 6.61 Å². The van der Waals surface area contributed by atoms with E-state index < -0.39 is 36.0 Å². The molecule has 0 bridgehead atoms.